The summed E-state index contributed by atoms with van der Waals surface area (Å²) in [5.41, 5.74) is 6.62. The summed E-state index contributed by atoms with van der Waals surface area (Å²) in [4.78, 5) is 15.9. The van der Waals surface area contributed by atoms with Crippen LogP contribution in [0, 0.1) is 6.92 Å². The second kappa shape index (κ2) is 4.56. The molecule has 0 aliphatic carbocycles. The largest absolute Gasteiger partial charge is 0.384 e. The number of carbonyl (C=O) groups excluding carboxylic acids is 1. The first-order valence-electron chi connectivity index (χ1n) is 5.61. The average molecular weight is 269 g/mol. The van der Waals surface area contributed by atoms with E-state index in [4.69, 9.17) is 5.73 Å². The third kappa shape index (κ3) is 2.98. The fraction of sp³-hybridized carbons (Fsp3) is 0.455. The second-order valence-corrected chi connectivity index (χ2v) is 6.72. The zero-order chi connectivity index (χ0) is 13.3. The minimum absolute atomic E-state index is 0.0122. The summed E-state index contributed by atoms with van der Waals surface area (Å²) >= 11 is 0. The highest BCUT2D eigenvalue weighted by Gasteiger charge is 2.29. The summed E-state index contributed by atoms with van der Waals surface area (Å²) in [6.45, 7) is 1.74. The molecule has 2 rings (SSSR count). The Labute approximate surface area is 106 Å². The first-order valence-corrected chi connectivity index (χ1v) is 7.43. The van der Waals surface area contributed by atoms with Crippen LogP contribution in [0.25, 0.3) is 0 Å². The molecule has 1 aliphatic rings. The molecule has 1 saturated heterocycles. The highest BCUT2D eigenvalue weighted by atomic mass is 32.2. The van der Waals surface area contributed by atoms with Gasteiger partial charge in [0.15, 0.2) is 9.84 Å². The lowest BCUT2D eigenvalue weighted by atomic mass is 10.2. The van der Waals surface area contributed by atoms with Crippen molar-refractivity contribution in [3.8, 4) is 0 Å². The molecule has 1 unspecified atom stereocenters. The van der Waals surface area contributed by atoms with Gasteiger partial charge in [-0.1, -0.05) is 0 Å². The molecule has 0 bridgehead atoms. The molecule has 3 N–H and O–H groups in total. The quantitative estimate of drug-likeness (QED) is 0.780. The minimum atomic E-state index is -2.99. The standard InChI is InChI=1S/C11H15N3O3S/c1-7-4-8(5-10(12)13-7)11(15)14-9-2-3-18(16,17)6-9/h4-5,9H,2-3,6H2,1H3,(H2,12,13)(H,14,15). The maximum Gasteiger partial charge on any atom is 0.251 e. The number of nitrogen functional groups attached to an aromatic ring is 1. The third-order valence-corrected chi connectivity index (χ3v) is 4.57. The van der Waals surface area contributed by atoms with Gasteiger partial charge in [-0.05, 0) is 25.5 Å². The van der Waals surface area contributed by atoms with Gasteiger partial charge in [-0.25, -0.2) is 13.4 Å². The number of nitrogens with zero attached hydrogens (tertiary/aromatic N) is 1. The number of nitrogens with one attached hydrogen (secondary N) is 1. The van der Waals surface area contributed by atoms with E-state index in [1.54, 1.807) is 13.0 Å². The number of anilines is 1. The predicted molar refractivity (Wildman–Crippen MR) is 67.9 cm³/mol. The molecule has 0 spiro atoms. The number of aromatic nitrogens is 1. The normalized spacial score (nSPS) is 21.7. The van der Waals surface area contributed by atoms with Crippen LogP contribution in [0.1, 0.15) is 22.5 Å². The van der Waals surface area contributed by atoms with Crippen molar-refractivity contribution >= 4 is 21.6 Å². The van der Waals surface area contributed by atoms with Crippen LogP contribution in [0.3, 0.4) is 0 Å². The van der Waals surface area contributed by atoms with E-state index in [1.807, 2.05) is 0 Å². The number of hydrogen-bond acceptors (Lipinski definition) is 5. The summed E-state index contributed by atoms with van der Waals surface area (Å²) in [7, 11) is -2.99. The van der Waals surface area contributed by atoms with E-state index >= 15 is 0 Å². The fourth-order valence-corrected chi connectivity index (χ4v) is 3.68. The molecule has 7 heteroatoms. The highest BCUT2D eigenvalue weighted by Crippen LogP contribution is 2.13. The Kier molecular flexibility index (Phi) is 3.25. The molecule has 18 heavy (non-hydrogen) atoms. The molecule has 1 atom stereocenters. The molecule has 1 aromatic heterocycles. The molecule has 1 aromatic rings. The van der Waals surface area contributed by atoms with E-state index in [0.29, 0.717) is 17.7 Å². The molecular weight excluding hydrogens is 254 g/mol. The lowest BCUT2D eigenvalue weighted by Gasteiger charge is -2.11. The Balaban J connectivity index is 2.08. The zero-order valence-corrected chi connectivity index (χ0v) is 10.8. The Morgan fingerprint density at radius 2 is 2.22 bits per heavy atom. The van der Waals surface area contributed by atoms with Crippen LogP contribution in [0.4, 0.5) is 5.82 Å². The van der Waals surface area contributed by atoms with Crippen molar-refractivity contribution in [3.05, 3.63) is 23.4 Å². The zero-order valence-electron chi connectivity index (χ0n) is 10.0. The van der Waals surface area contributed by atoms with Crippen LogP contribution >= 0.6 is 0 Å². The lowest BCUT2D eigenvalue weighted by Crippen LogP contribution is -2.35. The van der Waals surface area contributed by atoms with Gasteiger partial charge in [0.25, 0.3) is 5.91 Å². The van der Waals surface area contributed by atoms with E-state index in [-0.39, 0.29) is 29.3 Å². The molecule has 6 nitrogen and oxygen atoms in total. The monoisotopic (exact) mass is 269 g/mol. The van der Waals surface area contributed by atoms with Gasteiger partial charge in [0.05, 0.1) is 11.5 Å². The van der Waals surface area contributed by atoms with Crippen molar-refractivity contribution in [1.82, 2.24) is 10.3 Å². The molecular formula is C11H15N3O3S. The molecule has 1 amide bonds. The van der Waals surface area contributed by atoms with Gasteiger partial charge < -0.3 is 11.1 Å². The van der Waals surface area contributed by atoms with E-state index in [2.05, 4.69) is 10.3 Å². The summed E-state index contributed by atoms with van der Waals surface area (Å²) in [6, 6.07) is 2.79. The second-order valence-electron chi connectivity index (χ2n) is 4.50. The predicted octanol–water partition coefficient (Wildman–Crippen LogP) is -0.111. The number of pyridine rings is 1. The van der Waals surface area contributed by atoms with Crippen LogP contribution < -0.4 is 11.1 Å². The maximum atomic E-state index is 11.9. The number of amides is 1. The molecule has 1 fully saturated rings. The van der Waals surface area contributed by atoms with E-state index < -0.39 is 9.84 Å². The van der Waals surface area contributed by atoms with Crippen molar-refractivity contribution in [2.45, 2.75) is 19.4 Å². The number of rotatable bonds is 2. The number of sulfone groups is 1. The molecule has 2 heterocycles. The van der Waals surface area contributed by atoms with Crippen molar-refractivity contribution in [1.29, 1.82) is 0 Å². The van der Waals surface area contributed by atoms with Crippen LogP contribution in [0.5, 0.6) is 0 Å². The summed E-state index contributed by atoms with van der Waals surface area (Å²) in [5, 5.41) is 2.70. The van der Waals surface area contributed by atoms with Crippen LogP contribution in [-0.4, -0.2) is 36.9 Å². The van der Waals surface area contributed by atoms with Gasteiger partial charge in [-0.3, -0.25) is 4.79 Å². The third-order valence-electron chi connectivity index (χ3n) is 2.80. The Hall–Kier alpha value is -1.63. The Bertz CT molecular complexity index is 563. The highest BCUT2D eigenvalue weighted by molar-refractivity contribution is 7.91. The molecule has 98 valence electrons. The molecule has 0 radical (unpaired) electrons. The topological polar surface area (TPSA) is 102 Å². The number of hydrogen-bond donors (Lipinski definition) is 2. The van der Waals surface area contributed by atoms with E-state index in [0.717, 1.165) is 0 Å². The first-order chi connectivity index (χ1) is 8.35. The summed E-state index contributed by atoms with van der Waals surface area (Å²) in [6.07, 6.45) is 0.466. The van der Waals surface area contributed by atoms with Crippen LogP contribution in [0.15, 0.2) is 12.1 Å². The minimum Gasteiger partial charge on any atom is -0.384 e. The van der Waals surface area contributed by atoms with Gasteiger partial charge in [0.2, 0.25) is 0 Å². The number of carbonyl (C=O) groups is 1. The number of nitrogens with two attached hydrogens (primary N) is 1. The van der Waals surface area contributed by atoms with Gasteiger partial charge in [-0.2, -0.15) is 0 Å². The molecule has 0 saturated carbocycles. The van der Waals surface area contributed by atoms with Crippen LogP contribution in [0.2, 0.25) is 0 Å². The Morgan fingerprint density at radius 3 is 2.78 bits per heavy atom. The van der Waals surface area contributed by atoms with Crippen LogP contribution in [-0.2, 0) is 9.84 Å². The summed E-state index contributed by atoms with van der Waals surface area (Å²) in [5.74, 6) is 0.113. The maximum absolute atomic E-state index is 11.9. The average Bonchev–Trinajstić information content (AvgIpc) is 2.56. The van der Waals surface area contributed by atoms with Gasteiger partial charge in [0.1, 0.15) is 5.82 Å². The molecule has 0 aromatic carbocycles. The molecule has 1 aliphatic heterocycles. The van der Waals surface area contributed by atoms with E-state index in [9.17, 15) is 13.2 Å². The van der Waals surface area contributed by atoms with Gasteiger partial charge >= 0.3 is 0 Å². The van der Waals surface area contributed by atoms with Crippen molar-refractivity contribution in [2.75, 3.05) is 17.2 Å². The SMILES string of the molecule is Cc1cc(C(=O)NC2CCS(=O)(=O)C2)cc(N)n1. The van der Waals surface area contributed by atoms with Crippen molar-refractivity contribution < 1.29 is 13.2 Å². The first kappa shape index (κ1) is 12.8. The van der Waals surface area contributed by atoms with Gasteiger partial charge in [0, 0.05) is 17.3 Å². The summed E-state index contributed by atoms with van der Waals surface area (Å²) < 4.78 is 22.6. The van der Waals surface area contributed by atoms with Crippen molar-refractivity contribution in [3.63, 3.8) is 0 Å². The Morgan fingerprint density at radius 1 is 1.50 bits per heavy atom. The van der Waals surface area contributed by atoms with Crippen molar-refractivity contribution in [2.24, 2.45) is 0 Å². The smallest absolute Gasteiger partial charge is 0.251 e. The lowest BCUT2D eigenvalue weighted by molar-refractivity contribution is 0.0941. The number of aryl methyl sites for hydroxylation is 1. The fourth-order valence-electron chi connectivity index (χ4n) is 2.00. The van der Waals surface area contributed by atoms with E-state index in [1.165, 1.54) is 6.07 Å². The van der Waals surface area contributed by atoms with Gasteiger partial charge in [-0.15, -0.1) is 0 Å².